The monoisotopic (exact) mass is 322 g/mol. The smallest absolute Gasteiger partial charge is 0.117 e. The normalized spacial score (nSPS) is 15.6. The number of benzene rings is 2. The first kappa shape index (κ1) is 14.4. The van der Waals surface area contributed by atoms with Gasteiger partial charge in [-0.25, -0.2) is 4.98 Å². The SMILES string of the molecule is C(=Cc1nc2ccccc2s1)c1ccc(N2CCOCC2)cc1. The molecule has 0 unspecified atom stereocenters. The van der Waals surface area contributed by atoms with Gasteiger partial charge in [-0.15, -0.1) is 11.3 Å². The maximum absolute atomic E-state index is 5.40. The van der Waals surface area contributed by atoms with E-state index in [4.69, 9.17) is 4.74 Å². The first-order valence-corrected chi connectivity index (χ1v) is 8.66. The van der Waals surface area contributed by atoms with E-state index in [-0.39, 0.29) is 0 Å². The Hall–Kier alpha value is -2.17. The Bertz CT molecular complexity index is 784. The van der Waals surface area contributed by atoms with Crippen molar-refractivity contribution in [2.24, 2.45) is 0 Å². The van der Waals surface area contributed by atoms with Crippen LogP contribution in [0.1, 0.15) is 10.6 Å². The first-order chi connectivity index (χ1) is 11.4. The highest BCUT2D eigenvalue weighted by Crippen LogP contribution is 2.23. The summed E-state index contributed by atoms with van der Waals surface area (Å²) in [5.74, 6) is 0. The molecule has 0 aliphatic carbocycles. The van der Waals surface area contributed by atoms with Gasteiger partial charge < -0.3 is 9.64 Å². The van der Waals surface area contributed by atoms with Gasteiger partial charge in [-0.1, -0.05) is 30.3 Å². The topological polar surface area (TPSA) is 25.4 Å². The number of hydrogen-bond donors (Lipinski definition) is 0. The molecule has 0 N–H and O–H groups in total. The maximum atomic E-state index is 5.40. The molecule has 23 heavy (non-hydrogen) atoms. The van der Waals surface area contributed by atoms with Crippen molar-refractivity contribution in [2.45, 2.75) is 0 Å². The lowest BCUT2D eigenvalue weighted by atomic mass is 10.2. The number of thiazole rings is 1. The van der Waals surface area contributed by atoms with Crippen LogP contribution < -0.4 is 4.90 Å². The van der Waals surface area contributed by atoms with E-state index in [1.807, 2.05) is 6.07 Å². The van der Waals surface area contributed by atoms with E-state index in [9.17, 15) is 0 Å². The summed E-state index contributed by atoms with van der Waals surface area (Å²) >= 11 is 1.72. The number of aromatic nitrogens is 1. The average Bonchev–Trinajstić information content (AvgIpc) is 3.04. The van der Waals surface area contributed by atoms with Crippen LogP contribution in [-0.2, 0) is 4.74 Å². The molecule has 0 spiro atoms. The average molecular weight is 322 g/mol. The van der Waals surface area contributed by atoms with Gasteiger partial charge in [0.05, 0.1) is 23.4 Å². The lowest BCUT2D eigenvalue weighted by Gasteiger charge is -2.28. The summed E-state index contributed by atoms with van der Waals surface area (Å²) in [6.45, 7) is 3.58. The van der Waals surface area contributed by atoms with Gasteiger partial charge in [-0.3, -0.25) is 0 Å². The fourth-order valence-electron chi connectivity index (χ4n) is 2.75. The molecule has 1 saturated heterocycles. The highest BCUT2D eigenvalue weighted by atomic mass is 32.1. The molecule has 1 aliphatic rings. The maximum Gasteiger partial charge on any atom is 0.117 e. The van der Waals surface area contributed by atoms with Gasteiger partial charge in [0.1, 0.15) is 5.01 Å². The van der Waals surface area contributed by atoms with Crippen molar-refractivity contribution in [3.05, 3.63) is 59.1 Å². The third-order valence-corrected chi connectivity index (χ3v) is 5.00. The van der Waals surface area contributed by atoms with Crippen LogP contribution in [0, 0.1) is 0 Å². The molecule has 3 aromatic rings. The molecule has 0 saturated carbocycles. The summed E-state index contributed by atoms with van der Waals surface area (Å²) in [4.78, 5) is 6.99. The number of hydrogen-bond acceptors (Lipinski definition) is 4. The van der Waals surface area contributed by atoms with E-state index < -0.39 is 0 Å². The molecular formula is C19H18N2OS. The second-order valence-electron chi connectivity index (χ2n) is 5.54. The molecule has 116 valence electrons. The van der Waals surface area contributed by atoms with E-state index in [1.54, 1.807) is 11.3 Å². The molecule has 1 aliphatic heterocycles. The van der Waals surface area contributed by atoms with Gasteiger partial charge in [-0.05, 0) is 35.9 Å². The van der Waals surface area contributed by atoms with Crippen LogP contribution in [0.4, 0.5) is 5.69 Å². The lowest BCUT2D eigenvalue weighted by Crippen LogP contribution is -2.36. The van der Waals surface area contributed by atoms with Crippen molar-refractivity contribution in [2.75, 3.05) is 31.2 Å². The molecule has 4 heteroatoms. The van der Waals surface area contributed by atoms with E-state index in [2.05, 4.69) is 64.5 Å². The Morgan fingerprint density at radius 3 is 2.52 bits per heavy atom. The van der Waals surface area contributed by atoms with Crippen molar-refractivity contribution in [1.29, 1.82) is 0 Å². The Balaban J connectivity index is 1.49. The summed E-state index contributed by atoms with van der Waals surface area (Å²) in [7, 11) is 0. The highest BCUT2D eigenvalue weighted by Gasteiger charge is 2.10. The first-order valence-electron chi connectivity index (χ1n) is 7.85. The standard InChI is InChI=1S/C19H18N2OS/c1-2-4-18-17(3-1)20-19(23-18)10-7-15-5-8-16(9-6-15)21-11-13-22-14-12-21/h1-10H,11-14H2. The minimum absolute atomic E-state index is 0.819. The van der Waals surface area contributed by atoms with Crippen molar-refractivity contribution >= 4 is 39.4 Å². The van der Waals surface area contributed by atoms with Crippen LogP contribution in [-0.4, -0.2) is 31.3 Å². The number of ether oxygens (including phenoxy) is 1. The van der Waals surface area contributed by atoms with Crippen LogP contribution in [0.25, 0.3) is 22.4 Å². The van der Waals surface area contributed by atoms with Gasteiger partial charge in [0, 0.05) is 18.8 Å². The van der Waals surface area contributed by atoms with Gasteiger partial charge >= 0.3 is 0 Å². The van der Waals surface area contributed by atoms with E-state index >= 15 is 0 Å². The number of anilines is 1. The zero-order valence-electron chi connectivity index (χ0n) is 12.8. The highest BCUT2D eigenvalue weighted by molar-refractivity contribution is 7.19. The molecule has 0 radical (unpaired) electrons. The minimum atomic E-state index is 0.819. The molecule has 0 amide bonds. The number of nitrogens with zero attached hydrogens (tertiary/aromatic N) is 2. The van der Waals surface area contributed by atoms with Crippen LogP contribution in [0.2, 0.25) is 0 Å². The third kappa shape index (κ3) is 3.28. The number of para-hydroxylation sites is 1. The Kier molecular flexibility index (Phi) is 4.09. The van der Waals surface area contributed by atoms with Crippen molar-refractivity contribution < 1.29 is 4.74 Å². The van der Waals surface area contributed by atoms with E-state index in [0.29, 0.717) is 0 Å². The fraction of sp³-hybridized carbons (Fsp3) is 0.211. The van der Waals surface area contributed by atoms with Crippen molar-refractivity contribution in [3.63, 3.8) is 0 Å². The molecule has 1 fully saturated rings. The molecule has 2 heterocycles. The molecule has 2 aromatic carbocycles. The molecule has 1 aromatic heterocycles. The summed E-state index contributed by atoms with van der Waals surface area (Å²) in [6.07, 6.45) is 4.22. The van der Waals surface area contributed by atoms with Crippen LogP contribution >= 0.6 is 11.3 Å². The predicted molar refractivity (Wildman–Crippen MR) is 98.0 cm³/mol. The third-order valence-electron chi connectivity index (χ3n) is 4.00. The van der Waals surface area contributed by atoms with E-state index in [0.717, 1.165) is 36.8 Å². The van der Waals surface area contributed by atoms with Gasteiger partial charge in [0.15, 0.2) is 0 Å². The molecule has 0 atom stereocenters. The largest absolute Gasteiger partial charge is 0.378 e. The summed E-state index contributed by atoms with van der Waals surface area (Å²) in [6, 6.07) is 16.9. The number of morpholine rings is 1. The second-order valence-corrected chi connectivity index (χ2v) is 6.61. The molecule has 3 nitrogen and oxygen atoms in total. The van der Waals surface area contributed by atoms with Crippen molar-refractivity contribution in [3.8, 4) is 0 Å². The Morgan fingerprint density at radius 2 is 1.74 bits per heavy atom. The Morgan fingerprint density at radius 1 is 0.957 bits per heavy atom. The van der Waals surface area contributed by atoms with Gasteiger partial charge in [0.25, 0.3) is 0 Å². The summed E-state index contributed by atoms with van der Waals surface area (Å²) in [5.41, 5.74) is 3.53. The van der Waals surface area contributed by atoms with Gasteiger partial charge in [-0.2, -0.15) is 0 Å². The Labute approximate surface area is 139 Å². The lowest BCUT2D eigenvalue weighted by molar-refractivity contribution is 0.122. The zero-order chi connectivity index (χ0) is 15.5. The number of rotatable bonds is 3. The van der Waals surface area contributed by atoms with Crippen LogP contribution in [0.15, 0.2) is 48.5 Å². The molecule has 4 rings (SSSR count). The minimum Gasteiger partial charge on any atom is -0.378 e. The zero-order valence-corrected chi connectivity index (χ0v) is 13.6. The van der Waals surface area contributed by atoms with Crippen molar-refractivity contribution in [1.82, 2.24) is 4.98 Å². The van der Waals surface area contributed by atoms with Crippen LogP contribution in [0.3, 0.4) is 0 Å². The quantitative estimate of drug-likeness (QED) is 0.719. The molecule has 0 bridgehead atoms. The summed E-state index contributed by atoms with van der Waals surface area (Å²) in [5, 5.41) is 1.04. The summed E-state index contributed by atoms with van der Waals surface area (Å²) < 4.78 is 6.63. The molecular weight excluding hydrogens is 304 g/mol. The predicted octanol–water partition coefficient (Wildman–Crippen LogP) is 4.30. The van der Waals surface area contributed by atoms with E-state index in [1.165, 1.54) is 16.0 Å². The fourth-order valence-corrected chi connectivity index (χ4v) is 3.62. The van der Waals surface area contributed by atoms with Gasteiger partial charge in [0.2, 0.25) is 0 Å². The second kappa shape index (κ2) is 6.52. The number of fused-ring (bicyclic) bond motifs is 1. The van der Waals surface area contributed by atoms with Crippen LogP contribution in [0.5, 0.6) is 0 Å².